The molecule has 0 radical (unpaired) electrons. The summed E-state index contributed by atoms with van der Waals surface area (Å²) in [7, 11) is 0. The van der Waals surface area contributed by atoms with Gasteiger partial charge in [-0.2, -0.15) is 11.8 Å². The number of rotatable bonds is 3. The first-order valence-corrected chi connectivity index (χ1v) is 10.2. The molecule has 0 aliphatic carbocycles. The summed E-state index contributed by atoms with van der Waals surface area (Å²) in [5, 5.41) is 1.65. The zero-order valence-electron chi connectivity index (χ0n) is 15.4. The molecule has 2 amide bonds. The second-order valence-corrected chi connectivity index (χ2v) is 8.08. The Morgan fingerprint density at radius 1 is 0.964 bits per heavy atom. The van der Waals surface area contributed by atoms with Crippen molar-refractivity contribution in [2.24, 2.45) is 0 Å². The summed E-state index contributed by atoms with van der Waals surface area (Å²) in [4.78, 5) is 44.0. The van der Waals surface area contributed by atoms with Crippen molar-refractivity contribution in [3.8, 4) is 0 Å². The number of nitrogens with zero attached hydrogens (tertiary/aromatic N) is 2. The van der Waals surface area contributed by atoms with Gasteiger partial charge in [-0.1, -0.05) is 42.5 Å². The molecule has 7 heteroatoms. The van der Waals surface area contributed by atoms with Gasteiger partial charge in [0.05, 0.1) is 30.3 Å². The summed E-state index contributed by atoms with van der Waals surface area (Å²) in [6.07, 6.45) is 0. The molecule has 0 N–H and O–H groups in total. The molecule has 0 bridgehead atoms. The summed E-state index contributed by atoms with van der Waals surface area (Å²) in [6.45, 7) is 2.14. The largest absolute Gasteiger partial charge is 0.368 e. The van der Waals surface area contributed by atoms with Gasteiger partial charge < -0.3 is 4.84 Å². The standard InChI is InChI=1S/C21H20N2O4S/c1-14(24)27-22-11-16(13-28-19(12-22)15-7-3-2-4-8-15)23-20(25)17-9-5-6-10-18(17)21(23)26/h2-10,16,19H,11-13H2,1H3/t16-,19+/m1/s1. The van der Waals surface area contributed by atoms with Gasteiger partial charge in [-0.25, -0.2) is 0 Å². The van der Waals surface area contributed by atoms with Gasteiger partial charge in [-0.15, -0.1) is 5.06 Å². The van der Waals surface area contributed by atoms with E-state index in [9.17, 15) is 14.4 Å². The van der Waals surface area contributed by atoms with E-state index in [1.165, 1.54) is 11.8 Å². The van der Waals surface area contributed by atoms with Crippen LogP contribution in [-0.2, 0) is 9.63 Å². The first-order valence-electron chi connectivity index (χ1n) is 9.11. The van der Waals surface area contributed by atoms with Crippen LogP contribution in [0, 0.1) is 0 Å². The number of carbonyl (C=O) groups is 3. The molecule has 2 aliphatic heterocycles. The fourth-order valence-corrected chi connectivity index (χ4v) is 4.98. The molecule has 0 saturated carbocycles. The van der Waals surface area contributed by atoms with Crippen LogP contribution in [0.3, 0.4) is 0 Å². The number of thioether (sulfide) groups is 1. The Balaban J connectivity index is 1.61. The number of fused-ring (bicyclic) bond motifs is 1. The highest BCUT2D eigenvalue weighted by Crippen LogP contribution is 2.35. The SMILES string of the molecule is CC(=O)ON1C[C@@H](N2C(=O)c3ccccc3C2=O)CS[C@H](c2ccccc2)C1. The molecule has 2 aliphatic rings. The molecule has 144 valence electrons. The minimum absolute atomic E-state index is 0.0701. The molecule has 6 nitrogen and oxygen atoms in total. The molecule has 4 rings (SSSR count). The Morgan fingerprint density at radius 3 is 2.18 bits per heavy atom. The third-order valence-electron chi connectivity index (χ3n) is 4.89. The van der Waals surface area contributed by atoms with Crippen LogP contribution < -0.4 is 0 Å². The van der Waals surface area contributed by atoms with Crippen molar-refractivity contribution in [1.29, 1.82) is 0 Å². The highest BCUT2D eigenvalue weighted by Gasteiger charge is 2.42. The highest BCUT2D eigenvalue weighted by atomic mass is 32.2. The lowest BCUT2D eigenvalue weighted by Crippen LogP contribution is -2.47. The average Bonchev–Trinajstić information content (AvgIpc) is 2.83. The first-order chi connectivity index (χ1) is 13.5. The summed E-state index contributed by atoms with van der Waals surface area (Å²) in [5.41, 5.74) is 1.98. The molecule has 1 fully saturated rings. The predicted molar refractivity (Wildman–Crippen MR) is 106 cm³/mol. The Hall–Kier alpha value is -2.64. The number of hydrogen-bond acceptors (Lipinski definition) is 6. The van der Waals surface area contributed by atoms with Crippen LogP contribution >= 0.6 is 11.8 Å². The number of amides is 2. The van der Waals surface area contributed by atoms with Crippen LogP contribution in [0.25, 0.3) is 0 Å². The van der Waals surface area contributed by atoms with E-state index in [1.807, 2.05) is 30.3 Å². The van der Waals surface area contributed by atoms with Gasteiger partial charge in [-0.05, 0) is 17.7 Å². The maximum atomic E-state index is 12.9. The zero-order chi connectivity index (χ0) is 19.7. The Morgan fingerprint density at radius 2 is 1.57 bits per heavy atom. The van der Waals surface area contributed by atoms with Gasteiger partial charge in [0.2, 0.25) is 0 Å². The molecule has 2 heterocycles. The number of carbonyl (C=O) groups excluding carboxylic acids is 3. The van der Waals surface area contributed by atoms with Crippen molar-refractivity contribution >= 4 is 29.5 Å². The van der Waals surface area contributed by atoms with Crippen LogP contribution in [-0.4, -0.2) is 52.6 Å². The second kappa shape index (κ2) is 7.77. The number of hydroxylamine groups is 2. The molecule has 28 heavy (non-hydrogen) atoms. The Bertz CT molecular complexity index is 883. The van der Waals surface area contributed by atoms with Crippen molar-refractivity contribution in [3.63, 3.8) is 0 Å². The molecule has 1 saturated heterocycles. The highest BCUT2D eigenvalue weighted by molar-refractivity contribution is 7.99. The lowest BCUT2D eigenvalue weighted by molar-refractivity contribution is -0.189. The zero-order valence-corrected chi connectivity index (χ0v) is 16.2. The quantitative estimate of drug-likeness (QED) is 0.744. The smallest absolute Gasteiger partial charge is 0.322 e. The van der Waals surface area contributed by atoms with Crippen molar-refractivity contribution in [3.05, 3.63) is 71.3 Å². The minimum Gasteiger partial charge on any atom is -0.368 e. The van der Waals surface area contributed by atoms with Crippen molar-refractivity contribution in [1.82, 2.24) is 9.96 Å². The Labute approximate surface area is 167 Å². The number of imide groups is 1. The van der Waals surface area contributed by atoms with E-state index in [1.54, 1.807) is 41.1 Å². The third-order valence-corrected chi connectivity index (χ3v) is 6.29. The van der Waals surface area contributed by atoms with E-state index >= 15 is 0 Å². The normalized spacial score (nSPS) is 22.7. The molecule has 0 spiro atoms. The molecule has 0 aromatic heterocycles. The monoisotopic (exact) mass is 396 g/mol. The minimum atomic E-state index is -0.417. The van der Waals surface area contributed by atoms with Gasteiger partial charge >= 0.3 is 5.97 Å². The van der Waals surface area contributed by atoms with Gasteiger partial charge in [0.15, 0.2) is 0 Å². The third kappa shape index (κ3) is 3.55. The lowest BCUT2D eigenvalue weighted by atomic mass is 10.1. The molecule has 2 aromatic carbocycles. The fraction of sp³-hybridized carbons (Fsp3) is 0.286. The molecule has 2 atom stereocenters. The van der Waals surface area contributed by atoms with Gasteiger partial charge in [0.25, 0.3) is 11.8 Å². The maximum absolute atomic E-state index is 12.9. The fourth-order valence-electron chi connectivity index (χ4n) is 3.65. The van der Waals surface area contributed by atoms with Crippen molar-refractivity contribution < 1.29 is 19.2 Å². The summed E-state index contributed by atoms with van der Waals surface area (Å²) >= 11 is 1.67. The topological polar surface area (TPSA) is 66.9 Å². The van der Waals surface area contributed by atoms with E-state index < -0.39 is 5.97 Å². The first kappa shape index (κ1) is 18.7. The van der Waals surface area contributed by atoms with Crippen LogP contribution in [0.4, 0.5) is 0 Å². The maximum Gasteiger partial charge on any atom is 0.322 e. The van der Waals surface area contributed by atoms with Crippen LogP contribution in [0.1, 0.15) is 38.5 Å². The molecular weight excluding hydrogens is 376 g/mol. The van der Waals surface area contributed by atoms with E-state index in [-0.39, 0.29) is 23.1 Å². The molecular formula is C21H20N2O4S. The van der Waals surface area contributed by atoms with Crippen LogP contribution in [0.15, 0.2) is 54.6 Å². The average molecular weight is 396 g/mol. The summed E-state index contributed by atoms with van der Waals surface area (Å²) in [5.74, 6) is -0.415. The van der Waals surface area contributed by atoms with Gasteiger partial charge in [-0.3, -0.25) is 19.3 Å². The van der Waals surface area contributed by atoms with Gasteiger partial charge in [0, 0.05) is 17.9 Å². The molecule has 0 unspecified atom stereocenters. The lowest BCUT2D eigenvalue weighted by Gasteiger charge is -2.28. The number of benzene rings is 2. The van der Waals surface area contributed by atoms with E-state index in [0.717, 1.165) is 5.56 Å². The summed E-state index contributed by atoms with van der Waals surface area (Å²) in [6, 6.07) is 16.4. The van der Waals surface area contributed by atoms with E-state index in [2.05, 4.69) is 0 Å². The Kier molecular flexibility index (Phi) is 5.19. The van der Waals surface area contributed by atoms with E-state index in [0.29, 0.717) is 30.0 Å². The van der Waals surface area contributed by atoms with Gasteiger partial charge in [0.1, 0.15) is 0 Å². The van der Waals surface area contributed by atoms with Crippen molar-refractivity contribution in [2.75, 3.05) is 18.8 Å². The van der Waals surface area contributed by atoms with Crippen LogP contribution in [0.5, 0.6) is 0 Å². The van der Waals surface area contributed by atoms with E-state index in [4.69, 9.17) is 4.84 Å². The summed E-state index contributed by atoms with van der Waals surface area (Å²) < 4.78 is 0. The number of hydrogen-bond donors (Lipinski definition) is 0. The second-order valence-electron chi connectivity index (χ2n) is 6.84. The molecule has 2 aromatic rings. The van der Waals surface area contributed by atoms with Crippen molar-refractivity contribution in [2.45, 2.75) is 18.2 Å². The predicted octanol–water partition coefficient (Wildman–Crippen LogP) is 2.92. The van der Waals surface area contributed by atoms with Crippen LogP contribution in [0.2, 0.25) is 0 Å².